The van der Waals surface area contributed by atoms with E-state index in [0.29, 0.717) is 5.56 Å². The normalized spacial score (nSPS) is 18.9. The van der Waals surface area contributed by atoms with E-state index >= 15 is 4.39 Å². The second kappa shape index (κ2) is 9.51. The maximum absolute atomic E-state index is 15.4. The highest BCUT2D eigenvalue weighted by molar-refractivity contribution is 7.88. The second-order valence-corrected chi connectivity index (χ2v) is 11.1. The van der Waals surface area contributed by atoms with Crippen molar-refractivity contribution in [3.05, 3.63) is 47.5 Å². The molecule has 192 valence electrons. The van der Waals surface area contributed by atoms with Crippen LogP contribution in [0.2, 0.25) is 0 Å². The molecule has 1 saturated heterocycles. The van der Waals surface area contributed by atoms with Crippen LogP contribution in [0.25, 0.3) is 0 Å². The van der Waals surface area contributed by atoms with Gasteiger partial charge in [0.25, 0.3) is 0 Å². The molecule has 0 spiro atoms. The van der Waals surface area contributed by atoms with Gasteiger partial charge in [-0.1, -0.05) is 12.1 Å². The van der Waals surface area contributed by atoms with Gasteiger partial charge in [0.1, 0.15) is 6.33 Å². The monoisotopic (exact) mass is 517 g/mol. The maximum atomic E-state index is 15.4. The molecule has 1 saturated carbocycles. The zero-order chi connectivity index (χ0) is 25.4. The summed E-state index contributed by atoms with van der Waals surface area (Å²) in [5.41, 5.74) is -1.39. The van der Waals surface area contributed by atoms with Crippen LogP contribution in [0.3, 0.4) is 0 Å². The molecular weight excluding hydrogens is 490 g/mol. The molecule has 0 radical (unpaired) electrons. The van der Waals surface area contributed by atoms with Crippen molar-refractivity contribution < 1.29 is 31.1 Å². The summed E-state index contributed by atoms with van der Waals surface area (Å²) >= 11 is 0. The van der Waals surface area contributed by atoms with Gasteiger partial charge in [0.2, 0.25) is 15.8 Å². The Kier molecular flexibility index (Phi) is 6.95. The lowest BCUT2D eigenvalue weighted by Gasteiger charge is -2.37. The van der Waals surface area contributed by atoms with E-state index in [1.165, 1.54) is 22.8 Å². The predicted molar refractivity (Wildman–Crippen MR) is 122 cm³/mol. The first kappa shape index (κ1) is 25.6. The van der Waals surface area contributed by atoms with Crippen molar-refractivity contribution in [2.24, 2.45) is 0 Å². The fraction of sp³-hybridized carbons (Fsp3) is 0.545. The highest BCUT2D eigenvalue weighted by atomic mass is 32.2. The predicted octanol–water partition coefficient (Wildman–Crippen LogP) is 3.00. The van der Waals surface area contributed by atoms with Crippen molar-refractivity contribution in [3.63, 3.8) is 0 Å². The number of hydrogen-bond acceptors (Lipinski definition) is 7. The number of aliphatic hydroxyl groups is 1. The largest absolute Gasteiger partial charge is 0.416 e. The molecule has 4 rings (SSSR count). The average Bonchev–Trinajstić information content (AvgIpc) is 3.62. The minimum Gasteiger partial charge on any atom is -0.388 e. The molecule has 0 bridgehead atoms. The van der Waals surface area contributed by atoms with Crippen LogP contribution < -0.4 is 10.2 Å². The van der Waals surface area contributed by atoms with Crippen molar-refractivity contribution in [1.82, 2.24) is 14.3 Å². The molecule has 13 heteroatoms. The van der Waals surface area contributed by atoms with Crippen LogP contribution >= 0.6 is 0 Å². The lowest BCUT2D eigenvalue weighted by molar-refractivity contribution is -0.137. The first-order valence-corrected chi connectivity index (χ1v) is 13.1. The molecule has 8 nitrogen and oxygen atoms in total. The van der Waals surface area contributed by atoms with Gasteiger partial charge in [-0.15, -0.1) is 0 Å². The van der Waals surface area contributed by atoms with Crippen molar-refractivity contribution in [2.45, 2.75) is 50.0 Å². The maximum Gasteiger partial charge on any atom is 0.416 e. The van der Waals surface area contributed by atoms with E-state index in [2.05, 4.69) is 15.3 Å². The molecular formula is C22H27F4N5O3S. The van der Waals surface area contributed by atoms with Gasteiger partial charge in [-0.25, -0.2) is 22.7 Å². The summed E-state index contributed by atoms with van der Waals surface area (Å²) in [7, 11) is -3.34. The van der Waals surface area contributed by atoms with Crippen molar-refractivity contribution in [3.8, 4) is 0 Å². The summed E-state index contributed by atoms with van der Waals surface area (Å²) < 4.78 is 78.6. The number of piperidine rings is 1. The summed E-state index contributed by atoms with van der Waals surface area (Å²) in [4.78, 5) is 9.75. The third-order valence-electron chi connectivity index (χ3n) is 6.37. The van der Waals surface area contributed by atoms with Gasteiger partial charge in [0.15, 0.2) is 11.6 Å². The topological polar surface area (TPSA) is 98.7 Å². The van der Waals surface area contributed by atoms with E-state index in [1.54, 1.807) is 4.90 Å². The van der Waals surface area contributed by atoms with Crippen LogP contribution in [-0.2, 0) is 22.7 Å². The lowest BCUT2D eigenvalue weighted by atomic mass is 9.92. The van der Waals surface area contributed by atoms with Crippen LogP contribution in [0.15, 0.2) is 30.6 Å². The molecule has 35 heavy (non-hydrogen) atoms. The van der Waals surface area contributed by atoms with Crippen LogP contribution in [0.5, 0.6) is 0 Å². The molecule has 2 aliphatic rings. The van der Waals surface area contributed by atoms with E-state index in [-0.39, 0.29) is 56.7 Å². The molecule has 2 aromatic rings. The number of aromatic nitrogens is 2. The molecule has 1 aliphatic carbocycles. The van der Waals surface area contributed by atoms with Crippen LogP contribution in [-0.4, -0.2) is 65.3 Å². The second-order valence-electron chi connectivity index (χ2n) is 9.15. The highest BCUT2D eigenvalue weighted by Crippen LogP contribution is 2.35. The van der Waals surface area contributed by atoms with Gasteiger partial charge in [-0.3, -0.25) is 0 Å². The standard InChI is InChI=1S/C22H27F4N5O3S/c1-35(33,34)30-10-8-21(32,9-11-30)13-27-19-18(23)20(29-14-28-19)31(17-6-7-17)12-15-2-4-16(5-3-15)22(24,25)26/h2-5,14,17,32H,6-13H2,1H3,(H,27,28,29). The molecule has 1 aromatic carbocycles. The number of alkyl halides is 3. The van der Waals surface area contributed by atoms with Gasteiger partial charge in [0.05, 0.1) is 17.4 Å². The van der Waals surface area contributed by atoms with Gasteiger partial charge >= 0.3 is 6.18 Å². The molecule has 0 unspecified atom stereocenters. The Morgan fingerprint density at radius 2 is 1.80 bits per heavy atom. The zero-order valence-electron chi connectivity index (χ0n) is 19.1. The highest BCUT2D eigenvalue weighted by Gasteiger charge is 2.36. The van der Waals surface area contributed by atoms with Crippen molar-refractivity contribution in [2.75, 3.05) is 36.1 Å². The summed E-state index contributed by atoms with van der Waals surface area (Å²) in [5, 5.41) is 13.6. The number of nitrogens with zero attached hydrogens (tertiary/aromatic N) is 4. The average molecular weight is 518 g/mol. The Labute approximate surface area is 201 Å². The van der Waals surface area contributed by atoms with E-state index in [0.717, 1.165) is 31.2 Å². The van der Waals surface area contributed by atoms with Gasteiger partial charge < -0.3 is 15.3 Å². The van der Waals surface area contributed by atoms with E-state index in [9.17, 15) is 26.7 Å². The Morgan fingerprint density at radius 1 is 1.17 bits per heavy atom. The van der Waals surface area contributed by atoms with E-state index < -0.39 is 33.2 Å². The number of nitrogens with one attached hydrogen (secondary N) is 1. The summed E-state index contributed by atoms with van der Waals surface area (Å²) in [6.07, 6.45) is -0.126. The van der Waals surface area contributed by atoms with Crippen molar-refractivity contribution in [1.29, 1.82) is 0 Å². The first-order valence-electron chi connectivity index (χ1n) is 11.2. The summed E-state index contributed by atoms with van der Waals surface area (Å²) in [6.45, 7) is 0.482. The molecule has 2 N–H and O–H groups in total. The fourth-order valence-corrected chi connectivity index (χ4v) is 4.95. The minimum atomic E-state index is -4.43. The third-order valence-corrected chi connectivity index (χ3v) is 7.68. The SMILES string of the molecule is CS(=O)(=O)N1CCC(O)(CNc2ncnc(N(Cc3ccc(C(F)(F)F)cc3)C3CC3)c2F)CC1. The smallest absolute Gasteiger partial charge is 0.388 e. The lowest BCUT2D eigenvalue weighted by Crippen LogP contribution is -2.49. The zero-order valence-corrected chi connectivity index (χ0v) is 19.9. The van der Waals surface area contributed by atoms with Crippen LogP contribution in [0, 0.1) is 5.82 Å². The quantitative estimate of drug-likeness (QED) is 0.520. The van der Waals surface area contributed by atoms with Crippen LogP contribution in [0.1, 0.15) is 36.8 Å². The number of rotatable bonds is 8. The van der Waals surface area contributed by atoms with E-state index in [4.69, 9.17) is 0 Å². The third kappa shape index (κ3) is 6.19. The molecule has 0 amide bonds. The number of halogens is 4. The molecule has 2 fully saturated rings. The summed E-state index contributed by atoms with van der Waals surface area (Å²) in [5.74, 6) is -0.792. The Hall–Kier alpha value is -2.51. The fourth-order valence-electron chi connectivity index (χ4n) is 4.10. The molecule has 0 atom stereocenters. The Bertz CT molecular complexity index is 1150. The number of hydrogen-bond donors (Lipinski definition) is 2. The van der Waals surface area contributed by atoms with E-state index in [1.807, 2.05) is 0 Å². The van der Waals surface area contributed by atoms with Gasteiger partial charge in [-0.05, 0) is 43.4 Å². The summed E-state index contributed by atoms with van der Waals surface area (Å²) in [6, 6.07) is 4.75. The Morgan fingerprint density at radius 3 is 2.34 bits per heavy atom. The number of benzene rings is 1. The van der Waals surface area contributed by atoms with Gasteiger partial charge in [0, 0.05) is 32.2 Å². The minimum absolute atomic E-state index is 0.0130. The van der Waals surface area contributed by atoms with Crippen LogP contribution in [0.4, 0.5) is 29.2 Å². The molecule has 2 heterocycles. The number of sulfonamides is 1. The first-order chi connectivity index (χ1) is 16.4. The molecule has 1 aliphatic heterocycles. The molecule has 1 aromatic heterocycles. The van der Waals surface area contributed by atoms with Gasteiger partial charge in [-0.2, -0.15) is 17.6 Å². The number of anilines is 2. The Balaban J connectivity index is 1.45. The van der Waals surface area contributed by atoms with Crippen molar-refractivity contribution >= 4 is 21.7 Å².